The third-order valence-corrected chi connectivity index (χ3v) is 3.52. The highest BCUT2D eigenvalue weighted by atomic mass is 19.1. The Labute approximate surface area is 123 Å². The molecule has 2 rings (SSSR count). The zero-order valence-electron chi connectivity index (χ0n) is 12.4. The van der Waals surface area contributed by atoms with Crippen LogP contribution in [0, 0.1) is 18.6 Å². The first-order valence-corrected chi connectivity index (χ1v) is 6.86. The van der Waals surface area contributed by atoms with Crippen molar-refractivity contribution in [2.75, 3.05) is 7.05 Å². The van der Waals surface area contributed by atoms with Crippen LogP contribution in [0.4, 0.5) is 8.78 Å². The van der Waals surface area contributed by atoms with Crippen LogP contribution in [-0.4, -0.2) is 7.05 Å². The van der Waals surface area contributed by atoms with E-state index < -0.39 is 11.6 Å². The molecule has 0 amide bonds. The fraction of sp³-hybridized carbons (Fsp3) is 0.294. The van der Waals surface area contributed by atoms with Crippen molar-refractivity contribution in [3.63, 3.8) is 0 Å². The lowest BCUT2D eigenvalue weighted by atomic mass is 10.1. The van der Waals surface area contributed by atoms with Crippen molar-refractivity contribution >= 4 is 0 Å². The van der Waals surface area contributed by atoms with Crippen molar-refractivity contribution in [2.24, 2.45) is 0 Å². The molecule has 2 aromatic rings. The van der Waals surface area contributed by atoms with Crippen molar-refractivity contribution in [1.82, 2.24) is 5.32 Å². The van der Waals surface area contributed by atoms with E-state index in [-0.39, 0.29) is 18.2 Å². The lowest BCUT2D eigenvalue weighted by molar-refractivity contribution is 0.297. The van der Waals surface area contributed by atoms with Crippen LogP contribution in [-0.2, 0) is 6.61 Å². The molecule has 0 fully saturated rings. The van der Waals surface area contributed by atoms with E-state index in [9.17, 15) is 8.78 Å². The summed E-state index contributed by atoms with van der Waals surface area (Å²) in [5.41, 5.74) is 2.33. The highest BCUT2D eigenvalue weighted by Crippen LogP contribution is 2.24. The van der Waals surface area contributed by atoms with E-state index in [4.69, 9.17) is 4.74 Å². The van der Waals surface area contributed by atoms with Crippen LogP contribution >= 0.6 is 0 Å². The van der Waals surface area contributed by atoms with Crippen molar-refractivity contribution < 1.29 is 13.5 Å². The summed E-state index contributed by atoms with van der Waals surface area (Å²) in [6.07, 6.45) is 0. The zero-order chi connectivity index (χ0) is 15.4. The molecule has 4 heteroatoms. The number of hydrogen-bond donors (Lipinski definition) is 1. The summed E-state index contributed by atoms with van der Waals surface area (Å²) in [6.45, 7) is 4.01. The van der Waals surface area contributed by atoms with Crippen molar-refractivity contribution in [3.05, 3.63) is 64.7 Å². The topological polar surface area (TPSA) is 21.3 Å². The minimum absolute atomic E-state index is 0.00532. The molecule has 0 aromatic heterocycles. The molecule has 0 aliphatic rings. The summed E-state index contributed by atoms with van der Waals surface area (Å²) in [4.78, 5) is 0. The molecule has 112 valence electrons. The summed E-state index contributed by atoms with van der Waals surface area (Å²) < 4.78 is 32.2. The van der Waals surface area contributed by atoms with E-state index in [0.717, 1.165) is 29.3 Å². The van der Waals surface area contributed by atoms with Gasteiger partial charge in [0.1, 0.15) is 24.0 Å². The lowest BCUT2D eigenvalue weighted by Crippen LogP contribution is -2.12. The van der Waals surface area contributed by atoms with Crippen LogP contribution in [0.2, 0.25) is 0 Å². The molecule has 0 saturated carbocycles. The molecule has 0 bridgehead atoms. The van der Waals surface area contributed by atoms with Gasteiger partial charge in [0, 0.05) is 11.6 Å². The Balaban J connectivity index is 2.11. The lowest BCUT2D eigenvalue weighted by Gasteiger charge is -2.14. The number of ether oxygens (including phenoxy) is 1. The molecule has 1 atom stereocenters. The number of aryl methyl sites for hydroxylation is 1. The first-order chi connectivity index (χ1) is 10.0. The molecular formula is C17H19F2NO. The first kappa shape index (κ1) is 15.4. The zero-order valence-corrected chi connectivity index (χ0v) is 12.4. The van der Waals surface area contributed by atoms with E-state index in [0.29, 0.717) is 5.75 Å². The maximum atomic E-state index is 13.5. The smallest absolute Gasteiger partial charge is 0.130 e. The molecule has 0 radical (unpaired) electrons. The van der Waals surface area contributed by atoms with Gasteiger partial charge in [-0.1, -0.05) is 12.1 Å². The molecule has 2 aromatic carbocycles. The Bertz CT molecular complexity index is 628. The third kappa shape index (κ3) is 3.79. The number of halogens is 2. The van der Waals surface area contributed by atoms with E-state index in [1.165, 1.54) is 0 Å². The van der Waals surface area contributed by atoms with Gasteiger partial charge in [0.05, 0.1) is 0 Å². The van der Waals surface area contributed by atoms with Gasteiger partial charge in [-0.3, -0.25) is 0 Å². The van der Waals surface area contributed by atoms with Crippen molar-refractivity contribution in [3.8, 4) is 5.75 Å². The van der Waals surface area contributed by atoms with Crippen LogP contribution in [0.25, 0.3) is 0 Å². The van der Waals surface area contributed by atoms with E-state index in [1.807, 2.05) is 32.2 Å². The molecule has 21 heavy (non-hydrogen) atoms. The third-order valence-electron chi connectivity index (χ3n) is 3.52. The van der Waals surface area contributed by atoms with Gasteiger partial charge in [0.25, 0.3) is 0 Å². The number of hydrogen-bond acceptors (Lipinski definition) is 2. The number of benzene rings is 2. The summed E-state index contributed by atoms with van der Waals surface area (Å²) in [6, 6.07) is 9.46. The minimum Gasteiger partial charge on any atom is -0.489 e. The van der Waals surface area contributed by atoms with E-state index in [2.05, 4.69) is 12.2 Å². The second-order valence-corrected chi connectivity index (χ2v) is 5.06. The van der Waals surface area contributed by atoms with Crippen molar-refractivity contribution in [2.45, 2.75) is 26.5 Å². The average Bonchev–Trinajstić information content (AvgIpc) is 2.48. The predicted molar refractivity (Wildman–Crippen MR) is 79.3 cm³/mol. The van der Waals surface area contributed by atoms with Crippen LogP contribution in [0.5, 0.6) is 5.75 Å². The molecule has 1 unspecified atom stereocenters. The average molecular weight is 291 g/mol. The Kier molecular flexibility index (Phi) is 4.91. The van der Waals surface area contributed by atoms with Gasteiger partial charge in [0.2, 0.25) is 0 Å². The van der Waals surface area contributed by atoms with E-state index >= 15 is 0 Å². The fourth-order valence-electron chi connectivity index (χ4n) is 2.08. The minimum atomic E-state index is -0.468. The van der Waals surface area contributed by atoms with Gasteiger partial charge >= 0.3 is 0 Å². The van der Waals surface area contributed by atoms with Gasteiger partial charge < -0.3 is 10.1 Å². The predicted octanol–water partition coefficient (Wildman–Crippen LogP) is 4.13. The molecule has 0 aliphatic heterocycles. The fourth-order valence-corrected chi connectivity index (χ4v) is 2.08. The van der Waals surface area contributed by atoms with Gasteiger partial charge in [-0.2, -0.15) is 0 Å². The van der Waals surface area contributed by atoms with Gasteiger partial charge in [-0.15, -0.1) is 0 Å². The molecule has 2 nitrogen and oxygen atoms in total. The Morgan fingerprint density at radius 3 is 2.57 bits per heavy atom. The standard InChI is InChI=1S/C17H19F2NO/c1-11-8-13(12(2)20-3)4-7-17(11)21-10-14-9-15(18)5-6-16(14)19/h4-9,12,20H,10H2,1-3H3. The molecule has 0 heterocycles. The maximum Gasteiger partial charge on any atom is 0.130 e. The Morgan fingerprint density at radius 2 is 1.90 bits per heavy atom. The van der Waals surface area contributed by atoms with Gasteiger partial charge in [-0.05, 0) is 56.3 Å². The van der Waals surface area contributed by atoms with Crippen LogP contribution < -0.4 is 10.1 Å². The second-order valence-electron chi connectivity index (χ2n) is 5.06. The summed E-state index contributed by atoms with van der Waals surface area (Å²) in [5.74, 6) is -0.259. The Hall–Kier alpha value is -1.94. The number of rotatable bonds is 5. The highest BCUT2D eigenvalue weighted by Gasteiger charge is 2.08. The normalized spacial score (nSPS) is 12.2. The van der Waals surface area contributed by atoms with Crippen LogP contribution in [0.15, 0.2) is 36.4 Å². The number of nitrogens with one attached hydrogen (secondary N) is 1. The summed E-state index contributed by atoms with van der Waals surface area (Å²) >= 11 is 0. The van der Waals surface area contributed by atoms with Crippen molar-refractivity contribution in [1.29, 1.82) is 0 Å². The monoisotopic (exact) mass is 291 g/mol. The maximum absolute atomic E-state index is 13.5. The SMILES string of the molecule is CNC(C)c1ccc(OCc2cc(F)ccc2F)c(C)c1. The van der Waals surface area contributed by atoms with Crippen LogP contribution in [0.3, 0.4) is 0 Å². The van der Waals surface area contributed by atoms with Gasteiger partial charge in [0.15, 0.2) is 0 Å². The summed E-state index contributed by atoms with van der Waals surface area (Å²) in [5, 5.41) is 3.17. The molecule has 1 N–H and O–H groups in total. The molecule has 0 spiro atoms. The largest absolute Gasteiger partial charge is 0.489 e. The highest BCUT2D eigenvalue weighted by molar-refractivity contribution is 5.37. The molecule has 0 aliphatic carbocycles. The molecule has 0 saturated heterocycles. The second kappa shape index (κ2) is 6.68. The molecular weight excluding hydrogens is 272 g/mol. The Morgan fingerprint density at radius 1 is 1.14 bits per heavy atom. The summed E-state index contributed by atoms with van der Waals surface area (Å²) in [7, 11) is 1.90. The first-order valence-electron chi connectivity index (χ1n) is 6.86. The quantitative estimate of drug-likeness (QED) is 0.894. The van der Waals surface area contributed by atoms with Crippen LogP contribution in [0.1, 0.15) is 29.7 Å². The van der Waals surface area contributed by atoms with Gasteiger partial charge in [-0.25, -0.2) is 8.78 Å². The van der Waals surface area contributed by atoms with E-state index in [1.54, 1.807) is 0 Å².